The molecule has 0 radical (unpaired) electrons. The predicted molar refractivity (Wildman–Crippen MR) is 59.2 cm³/mol. The zero-order valence-electron chi connectivity index (χ0n) is 9.46. The van der Waals surface area contributed by atoms with Gasteiger partial charge < -0.3 is 5.11 Å². The topological polar surface area (TPSA) is 37.3 Å². The molecule has 2 rings (SSSR count). The molecule has 0 fully saturated rings. The number of fused-ring (bicyclic) bond motifs is 1. The van der Waals surface area contributed by atoms with Crippen LogP contribution in [0.3, 0.4) is 0 Å². The van der Waals surface area contributed by atoms with E-state index in [0.717, 1.165) is 5.56 Å². The van der Waals surface area contributed by atoms with Crippen molar-refractivity contribution in [2.24, 2.45) is 0 Å². The van der Waals surface area contributed by atoms with Crippen molar-refractivity contribution in [3.63, 3.8) is 0 Å². The number of carbonyl (C=O) groups excluding carboxylic acids is 1. The Hall–Kier alpha value is -1.22. The average Bonchev–Trinajstić information content (AvgIpc) is 2.22. The van der Waals surface area contributed by atoms with E-state index in [0.29, 0.717) is 12.0 Å². The van der Waals surface area contributed by atoms with Crippen LogP contribution in [0, 0.1) is 0 Å². The van der Waals surface area contributed by atoms with E-state index < -0.39 is 17.1 Å². The minimum Gasteiger partial charge on any atom is -0.387 e. The molecule has 0 saturated heterocycles. The Morgan fingerprint density at radius 3 is 2.62 bits per heavy atom. The third kappa shape index (κ3) is 1.47. The summed E-state index contributed by atoms with van der Waals surface area (Å²) in [4.78, 5) is 12.1. The molecule has 2 nitrogen and oxygen atoms in total. The molecule has 1 aliphatic rings. The molecule has 0 aliphatic heterocycles. The van der Waals surface area contributed by atoms with E-state index in [-0.39, 0.29) is 6.42 Å². The van der Waals surface area contributed by atoms with Gasteiger partial charge in [-0.15, -0.1) is 0 Å². The van der Waals surface area contributed by atoms with Gasteiger partial charge in [0.15, 0.2) is 0 Å². The summed E-state index contributed by atoms with van der Waals surface area (Å²) in [6.07, 6.45) is 0.536. The van der Waals surface area contributed by atoms with E-state index in [1.54, 1.807) is 12.1 Å². The summed E-state index contributed by atoms with van der Waals surface area (Å²) in [7, 11) is 0. The summed E-state index contributed by atoms with van der Waals surface area (Å²) in [5.74, 6) is -0.596. The zero-order valence-corrected chi connectivity index (χ0v) is 9.46. The quantitative estimate of drug-likeness (QED) is 0.791. The van der Waals surface area contributed by atoms with Gasteiger partial charge in [0.25, 0.3) is 0 Å². The van der Waals surface area contributed by atoms with E-state index in [2.05, 4.69) is 0 Å². The van der Waals surface area contributed by atoms with Crippen LogP contribution < -0.4 is 0 Å². The van der Waals surface area contributed by atoms with Gasteiger partial charge in [-0.1, -0.05) is 24.3 Å². The van der Waals surface area contributed by atoms with Crippen LogP contribution >= 0.6 is 0 Å². The first kappa shape index (κ1) is 11.3. The number of carbonyl (C=O) groups is 1. The maximum atomic E-state index is 14.6. The van der Waals surface area contributed by atoms with Gasteiger partial charge in [0.1, 0.15) is 5.60 Å². The van der Waals surface area contributed by atoms with Gasteiger partial charge in [0.05, 0.1) is 0 Å². The fourth-order valence-corrected chi connectivity index (χ4v) is 2.18. The summed E-state index contributed by atoms with van der Waals surface area (Å²) < 4.78 is 14.6. The van der Waals surface area contributed by atoms with Gasteiger partial charge in [0, 0.05) is 5.56 Å². The first-order valence-electron chi connectivity index (χ1n) is 5.40. The lowest BCUT2D eigenvalue weighted by molar-refractivity contribution is -0.0625. The summed E-state index contributed by atoms with van der Waals surface area (Å²) in [6, 6.07) is 7.00. The largest absolute Gasteiger partial charge is 0.387 e. The molecule has 0 amide bonds. The first-order valence-corrected chi connectivity index (χ1v) is 5.40. The van der Waals surface area contributed by atoms with Gasteiger partial charge >= 0.3 is 0 Å². The van der Waals surface area contributed by atoms with Crippen LogP contribution in [0.2, 0.25) is 0 Å². The molecule has 1 atom stereocenters. The first-order chi connectivity index (χ1) is 7.36. The molecule has 0 aromatic heterocycles. The number of hydrogen-bond donors (Lipinski definition) is 1. The Labute approximate surface area is 94.1 Å². The predicted octanol–water partition coefficient (Wildman–Crippen LogP) is 2.29. The highest BCUT2D eigenvalue weighted by atomic mass is 19.1. The Morgan fingerprint density at radius 2 is 2.00 bits per heavy atom. The zero-order chi connectivity index (χ0) is 12.0. The fraction of sp³-hybridized carbons (Fsp3) is 0.462. The number of rotatable bonds is 1. The molecule has 1 aromatic carbocycles. The Bertz CT molecular complexity index is 434. The molecule has 1 N–H and O–H groups in total. The number of ketones is 1. The van der Waals surface area contributed by atoms with Gasteiger partial charge in [-0.3, -0.25) is 4.79 Å². The second kappa shape index (κ2) is 3.39. The standard InChI is InChI=1S/C13H15FO2/c1-12(2,16)13(14)8-7-9-5-3-4-6-10(9)11(13)15/h3-6,16H,7-8H2,1-2H3/t13-/m0/s1. The maximum Gasteiger partial charge on any atom is 0.203 e. The molecule has 0 bridgehead atoms. The molecule has 0 heterocycles. The summed E-state index contributed by atoms with van der Waals surface area (Å²) in [6.45, 7) is 2.69. The van der Waals surface area contributed by atoms with Crippen LogP contribution in [-0.2, 0) is 6.42 Å². The number of halogens is 1. The highest BCUT2D eigenvalue weighted by molar-refractivity contribution is 6.05. The van der Waals surface area contributed by atoms with Crippen LogP contribution in [0.4, 0.5) is 4.39 Å². The number of alkyl halides is 1. The fourth-order valence-electron chi connectivity index (χ4n) is 2.18. The van der Waals surface area contributed by atoms with Crippen molar-refractivity contribution in [3.05, 3.63) is 35.4 Å². The second-order valence-corrected chi connectivity index (χ2v) is 4.85. The third-order valence-electron chi connectivity index (χ3n) is 3.33. The van der Waals surface area contributed by atoms with Crippen LogP contribution in [-0.4, -0.2) is 22.2 Å². The lowest BCUT2D eigenvalue weighted by Crippen LogP contribution is -2.54. The number of aliphatic hydroxyl groups is 1. The third-order valence-corrected chi connectivity index (χ3v) is 3.33. The highest BCUT2D eigenvalue weighted by Gasteiger charge is 2.53. The molecule has 16 heavy (non-hydrogen) atoms. The van der Waals surface area contributed by atoms with Gasteiger partial charge in [-0.05, 0) is 32.3 Å². The number of Topliss-reactive ketones (excluding diaryl/α,β-unsaturated/α-hetero) is 1. The van der Waals surface area contributed by atoms with Crippen molar-refractivity contribution in [1.29, 1.82) is 0 Å². The molecule has 3 heteroatoms. The lowest BCUT2D eigenvalue weighted by atomic mass is 9.72. The molecule has 0 unspecified atom stereocenters. The van der Waals surface area contributed by atoms with E-state index in [9.17, 15) is 14.3 Å². The van der Waals surface area contributed by atoms with Crippen molar-refractivity contribution in [1.82, 2.24) is 0 Å². The van der Waals surface area contributed by atoms with Crippen molar-refractivity contribution in [2.75, 3.05) is 0 Å². The van der Waals surface area contributed by atoms with Crippen molar-refractivity contribution >= 4 is 5.78 Å². The lowest BCUT2D eigenvalue weighted by Gasteiger charge is -2.38. The maximum absolute atomic E-state index is 14.6. The highest BCUT2D eigenvalue weighted by Crippen LogP contribution is 2.39. The van der Waals surface area contributed by atoms with Gasteiger partial charge in [-0.25, -0.2) is 4.39 Å². The molecule has 1 aromatic rings. The van der Waals surface area contributed by atoms with Crippen LogP contribution in [0.5, 0.6) is 0 Å². The van der Waals surface area contributed by atoms with Crippen molar-refractivity contribution in [2.45, 2.75) is 38.0 Å². The van der Waals surface area contributed by atoms with Crippen molar-refractivity contribution < 1.29 is 14.3 Å². The smallest absolute Gasteiger partial charge is 0.203 e. The average molecular weight is 222 g/mol. The van der Waals surface area contributed by atoms with Crippen molar-refractivity contribution in [3.8, 4) is 0 Å². The van der Waals surface area contributed by atoms with Gasteiger partial charge in [-0.2, -0.15) is 0 Å². The van der Waals surface area contributed by atoms with Crippen LogP contribution in [0.25, 0.3) is 0 Å². The van der Waals surface area contributed by atoms with E-state index in [1.165, 1.54) is 13.8 Å². The Kier molecular flexibility index (Phi) is 2.39. The molecule has 1 aliphatic carbocycles. The normalized spacial score (nSPS) is 25.4. The molecule has 0 spiro atoms. The molecular weight excluding hydrogens is 207 g/mol. The SMILES string of the molecule is CC(C)(O)[C@]1(F)CCc2ccccc2C1=O. The summed E-state index contributed by atoms with van der Waals surface area (Å²) >= 11 is 0. The van der Waals surface area contributed by atoms with Crippen LogP contribution in [0.1, 0.15) is 36.2 Å². The number of benzene rings is 1. The Morgan fingerprint density at radius 1 is 1.38 bits per heavy atom. The summed E-state index contributed by atoms with van der Waals surface area (Å²) in [5.41, 5.74) is -2.54. The van der Waals surface area contributed by atoms with Crippen LogP contribution in [0.15, 0.2) is 24.3 Å². The van der Waals surface area contributed by atoms with E-state index >= 15 is 0 Å². The second-order valence-electron chi connectivity index (χ2n) is 4.85. The number of hydrogen-bond acceptors (Lipinski definition) is 2. The minimum absolute atomic E-state index is 0.0480. The minimum atomic E-state index is -2.17. The van der Waals surface area contributed by atoms with Gasteiger partial charge in [0.2, 0.25) is 11.5 Å². The Balaban J connectivity index is 2.50. The monoisotopic (exact) mass is 222 g/mol. The molecule has 0 saturated carbocycles. The number of aryl methyl sites for hydroxylation is 1. The summed E-state index contributed by atoms with van der Waals surface area (Å²) in [5, 5.41) is 9.80. The molecule has 86 valence electrons. The molecular formula is C13H15FO2. The van der Waals surface area contributed by atoms with E-state index in [1.807, 2.05) is 12.1 Å². The van der Waals surface area contributed by atoms with E-state index in [4.69, 9.17) is 0 Å².